The van der Waals surface area contributed by atoms with Crippen LogP contribution in [0.15, 0.2) is 35.2 Å². The van der Waals surface area contributed by atoms with Gasteiger partial charge in [-0.15, -0.1) is 0 Å². The smallest absolute Gasteiger partial charge is 0.180 e. The number of rotatable bonds is 0. The lowest BCUT2D eigenvalue weighted by molar-refractivity contribution is 0.952. The third kappa shape index (κ3) is 1.46. The van der Waals surface area contributed by atoms with Gasteiger partial charge >= 0.3 is 0 Å². The second-order valence-electron chi connectivity index (χ2n) is 4.34. The molecule has 0 spiro atoms. The van der Waals surface area contributed by atoms with Gasteiger partial charge in [0.1, 0.15) is 10.1 Å². The van der Waals surface area contributed by atoms with Crippen LogP contribution in [0.2, 0.25) is 0 Å². The molecule has 0 aliphatic heterocycles. The molecular formula is C13H8BrN5. The van der Waals surface area contributed by atoms with Crippen LogP contribution in [0.1, 0.15) is 5.69 Å². The fourth-order valence-electron chi connectivity index (χ4n) is 2.33. The first-order valence-corrected chi connectivity index (χ1v) is 6.58. The van der Waals surface area contributed by atoms with Crippen molar-refractivity contribution in [1.29, 1.82) is 0 Å². The SMILES string of the molecule is Cc1cc2c3nc(Br)ccc3c3nccnc3n2n1. The summed E-state index contributed by atoms with van der Waals surface area (Å²) in [5.74, 6) is 0. The lowest BCUT2D eigenvalue weighted by Gasteiger charge is -2.05. The Hall–Kier alpha value is -2.08. The highest BCUT2D eigenvalue weighted by atomic mass is 79.9. The van der Waals surface area contributed by atoms with Crippen molar-refractivity contribution < 1.29 is 0 Å². The van der Waals surface area contributed by atoms with E-state index in [1.165, 1.54) is 0 Å². The highest BCUT2D eigenvalue weighted by Gasteiger charge is 2.13. The topological polar surface area (TPSA) is 56.0 Å². The van der Waals surface area contributed by atoms with Crippen molar-refractivity contribution in [1.82, 2.24) is 24.6 Å². The predicted octanol–water partition coefficient (Wildman–Crippen LogP) is 2.90. The van der Waals surface area contributed by atoms with Crippen molar-refractivity contribution in [2.24, 2.45) is 0 Å². The summed E-state index contributed by atoms with van der Waals surface area (Å²) in [6, 6.07) is 5.93. The van der Waals surface area contributed by atoms with Gasteiger partial charge in [-0.2, -0.15) is 5.10 Å². The van der Waals surface area contributed by atoms with E-state index < -0.39 is 0 Å². The van der Waals surface area contributed by atoms with Crippen LogP contribution in [0.25, 0.3) is 27.6 Å². The molecular weight excluding hydrogens is 306 g/mol. The Kier molecular flexibility index (Phi) is 2.11. The zero-order valence-electron chi connectivity index (χ0n) is 10.0. The predicted molar refractivity (Wildman–Crippen MR) is 76.0 cm³/mol. The number of aryl methyl sites for hydroxylation is 1. The van der Waals surface area contributed by atoms with Crippen LogP contribution < -0.4 is 0 Å². The number of nitrogens with zero attached hydrogens (tertiary/aromatic N) is 5. The van der Waals surface area contributed by atoms with Crippen molar-refractivity contribution in [3.8, 4) is 0 Å². The molecule has 0 atom stereocenters. The summed E-state index contributed by atoms with van der Waals surface area (Å²) >= 11 is 3.41. The Morgan fingerprint density at radius 2 is 1.95 bits per heavy atom. The zero-order valence-corrected chi connectivity index (χ0v) is 11.6. The van der Waals surface area contributed by atoms with Crippen molar-refractivity contribution >= 4 is 43.5 Å². The lowest BCUT2D eigenvalue weighted by Crippen LogP contribution is -1.97. The summed E-state index contributed by atoms with van der Waals surface area (Å²) in [6.07, 6.45) is 3.36. The molecule has 19 heavy (non-hydrogen) atoms. The minimum Gasteiger partial charge on any atom is -0.251 e. The maximum atomic E-state index is 4.56. The largest absolute Gasteiger partial charge is 0.251 e. The van der Waals surface area contributed by atoms with E-state index in [0.29, 0.717) is 0 Å². The Morgan fingerprint density at radius 1 is 1.11 bits per heavy atom. The van der Waals surface area contributed by atoms with Gasteiger partial charge in [-0.3, -0.25) is 4.98 Å². The molecule has 4 heterocycles. The summed E-state index contributed by atoms with van der Waals surface area (Å²) in [5.41, 5.74) is 4.32. The maximum absolute atomic E-state index is 4.56. The van der Waals surface area contributed by atoms with Crippen molar-refractivity contribution in [3.63, 3.8) is 0 Å². The summed E-state index contributed by atoms with van der Waals surface area (Å²) in [4.78, 5) is 13.4. The molecule has 0 aliphatic carbocycles. The summed E-state index contributed by atoms with van der Waals surface area (Å²) in [6.45, 7) is 1.96. The van der Waals surface area contributed by atoms with E-state index in [-0.39, 0.29) is 0 Å². The number of hydrogen-bond donors (Lipinski definition) is 0. The van der Waals surface area contributed by atoms with E-state index in [9.17, 15) is 0 Å². The lowest BCUT2D eigenvalue weighted by atomic mass is 10.2. The Balaban J connectivity index is 2.42. The minimum atomic E-state index is 0.752. The fraction of sp³-hybridized carbons (Fsp3) is 0.0769. The average molecular weight is 314 g/mol. The van der Waals surface area contributed by atoms with E-state index in [0.717, 1.165) is 37.9 Å². The molecule has 4 aromatic rings. The highest BCUT2D eigenvalue weighted by molar-refractivity contribution is 9.10. The molecule has 0 saturated heterocycles. The first kappa shape index (κ1) is 10.8. The molecule has 0 aromatic carbocycles. The monoisotopic (exact) mass is 313 g/mol. The van der Waals surface area contributed by atoms with Gasteiger partial charge in [0.15, 0.2) is 5.65 Å². The van der Waals surface area contributed by atoms with E-state index in [4.69, 9.17) is 0 Å². The van der Waals surface area contributed by atoms with Crippen molar-refractivity contribution in [2.45, 2.75) is 6.92 Å². The Morgan fingerprint density at radius 3 is 2.84 bits per heavy atom. The second-order valence-corrected chi connectivity index (χ2v) is 5.15. The molecule has 5 nitrogen and oxygen atoms in total. The van der Waals surface area contributed by atoms with Gasteiger partial charge in [0, 0.05) is 17.8 Å². The quantitative estimate of drug-likeness (QED) is 0.370. The summed E-state index contributed by atoms with van der Waals surface area (Å²) in [5, 5.41) is 5.46. The van der Waals surface area contributed by atoms with E-state index in [2.05, 4.69) is 36.0 Å². The molecule has 0 unspecified atom stereocenters. The molecule has 4 rings (SSSR count). The molecule has 0 fully saturated rings. The van der Waals surface area contributed by atoms with Crippen LogP contribution in [0.5, 0.6) is 0 Å². The average Bonchev–Trinajstić information content (AvgIpc) is 2.81. The van der Waals surface area contributed by atoms with Crippen molar-refractivity contribution in [2.75, 3.05) is 0 Å². The number of aromatic nitrogens is 5. The van der Waals surface area contributed by atoms with Crippen molar-refractivity contribution in [3.05, 3.63) is 40.9 Å². The van der Waals surface area contributed by atoms with Gasteiger partial charge in [-0.25, -0.2) is 14.5 Å². The molecule has 4 aromatic heterocycles. The van der Waals surface area contributed by atoms with Gasteiger partial charge in [-0.05, 0) is 41.1 Å². The van der Waals surface area contributed by atoms with E-state index in [1.807, 2.05) is 25.1 Å². The van der Waals surface area contributed by atoms with Crippen LogP contribution in [0, 0.1) is 6.92 Å². The number of hydrogen-bond acceptors (Lipinski definition) is 4. The highest BCUT2D eigenvalue weighted by Crippen LogP contribution is 2.27. The summed E-state index contributed by atoms with van der Waals surface area (Å²) in [7, 11) is 0. The number of pyridine rings is 2. The third-order valence-electron chi connectivity index (χ3n) is 3.07. The zero-order chi connectivity index (χ0) is 13.0. The Labute approximate surface area is 116 Å². The molecule has 0 saturated carbocycles. The van der Waals surface area contributed by atoms with Crippen LogP contribution in [-0.4, -0.2) is 24.6 Å². The van der Waals surface area contributed by atoms with Gasteiger partial charge in [0.25, 0.3) is 0 Å². The van der Waals surface area contributed by atoms with Gasteiger partial charge in [0.2, 0.25) is 0 Å². The third-order valence-corrected chi connectivity index (χ3v) is 3.51. The molecule has 0 radical (unpaired) electrons. The van der Waals surface area contributed by atoms with Gasteiger partial charge in [0.05, 0.1) is 16.7 Å². The number of fused-ring (bicyclic) bond motifs is 6. The van der Waals surface area contributed by atoms with Gasteiger partial charge in [-0.1, -0.05) is 0 Å². The maximum Gasteiger partial charge on any atom is 0.180 e. The standard InChI is InChI=1S/C13H8BrN5/c1-7-6-9-11-8(2-3-10(14)17-11)12-13(19(9)18-7)16-5-4-15-12/h2-6H,1H3. The Bertz CT molecular complexity index is 944. The van der Waals surface area contributed by atoms with E-state index in [1.54, 1.807) is 16.9 Å². The second kappa shape index (κ2) is 3.71. The molecule has 0 N–H and O–H groups in total. The van der Waals surface area contributed by atoms with Gasteiger partial charge < -0.3 is 0 Å². The first-order chi connectivity index (χ1) is 9.24. The van der Waals surface area contributed by atoms with Crippen LogP contribution >= 0.6 is 15.9 Å². The number of halogens is 1. The van der Waals surface area contributed by atoms with Crippen LogP contribution in [-0.2, 0) is 0 Å². The molecule has 0 amide bonds. The van der Waals surface area contributed by atoms with Crippen LogP contribution in [0.3, 0.4) is 0 Å². The molecule has 0 bridgehead atoms. The van der Waals surface area contributed by atoms with Crippen LogP contribution in [0.4, 0.5) is 0 Å². The molecule has 92 valence electrons. The fourth-order valence-corrected chi connectivity index (χ4v) is 2.64. The summed E-state index contributed by atoms with van der Waals surface area (Å²) < 4.78 is 2.60. The molecule has 6 heteroatoms. The first-order valence-electron chi connectivity index (χ1n) is 5.79. The minimum absolute atomic E-state index is 0.752. The normalized spacial score (nSPS) is 11.7. The molecule has 0 aliphatic rings. The van der Waals surface area contributed by atoms with E-state index >= 15 is 0 Å².